The lowest BCUT2D eigenvalue weighted by Gasteiger charge is -2.33. The molecule has 0 unspecified atom stereocenters. The Kier molecular flexibility index (Phi) is 5.40. The number of aromatic nitrogens is 1. The highest BCUT2D eigenvalue weighted by Gasteiger charge is 2.24. The van der Waals surface area contributed by atoms with E-state index in [0.29, 0.717) is 41.1 Å². The molecule has 0 aliphatic carbocycles. The van der Waals surface area contributed by atoms with E-state index >= 15 is 0 Å². The number of carbonyl (C=O) groups is 1. The molecule has 128 valence electrons. The minimum Gasteiger partial charge on any atom is -0.444 e. The molecule has 1 N–H and O–H groups in total. The molecule has 0 atom stereocenters. The van der Waals surface area contributed by atoms with Crippen molar-refractivity contribution in [2.45, 2.75) is 0 Å². The molecule has 0 bridgehead atoms. The van der Waals surface area contributed by atoms with Crippen molar-refractivity contribution in [3.8, 4) is 11.5 Å². The van der Waals surface area contributed by atoms with Crippen LogP contribution in [-0.4, -0.2) is 65.1 Å². The van der Waals surface area contributed by atoms with E-state index in [1.54, 1.807) is 23.1 Å². The predicted molar refractivity (Wildman–Crippen MR) is 91.4 cm³/mol. The maximum atomic E-state index is 12.5. The van der Waals surface area contributed by atoms with Crippen molar-refractivity contribution in [3.05, 3.63) is 40.2 Å². The molecule has 6 nitrogen and oxygen atoms in total. The molecular formula is C16H17Cl2N3O3. The Morgan fingerprint density at radius 3 is 2.62 bits per heavy atom. The average molecular weight is 370 g/mol. The molecule has 1 aliphatic rings. The van der Waals surface area contributed by atoms with Gasteiger partial charge in [0.2, 0.25) is 5.89 Å². The first kappa shape index (κ1) is 17.2. The normalized spacial score (nSPS) is 15.7. The molecule has 1 fully saturated rings. The third-order valence-electron chi connectivity index (χ3n) is 3.97. The SMILES string of the molecule is O=C(c1coc(-c2ccc(Cl)c(Cl)c2)n1)N1CCN(CCO)CC1. The van der Waals surface area contributed by atoms with Crippen molar-refractivity contribution in [2.75, 3.05) is 39.3 Å². The highest BCUT2D eigenvalue weighted by molar-refractivity contribution is 6.42. The molecule has 8 heteroatoms. The standard InChI is InChI=1S/C16H17Cl2N3O3/c17-12-2-1-11(9-13(12)18)15-19-14(10-24-15)16(23)21-5-3-20(4-6-21)7-8-22/h1-2,9-10,22H,3-8H2. The molecule has 1 aliphatic heterocycles. The summed E-state index contributed by atoms with van der Waals surface area (Å²) >= 11 is 11.9. The van der Waals surface area contributed by atoms with Crippen LogP contribution >= 0.6 is 23.2 Å². The summed E-state index contributed by atoms with van der Waals surface area (Å²) in [6, 6.07) is 5.05. The van der Waals surface area contributed by atoms with Gasteiger partial charge in [-0.3, -0.25) is 9.69 Å². The summed E-state index contributed by atoms with van der Waals surface area (Å²) in [5.74, 6) is 0.171. The maximum Gasteiger partial charge on any atom is 0.275 e. The van der Waals surface area contributed by atoms with Gasteiger partial charge in [-0.1, -0.05) is 23.2 Å². The smallest absolute Gasteiger partial charge is 0.275 e. The first-order valence-corrected chi connectivity index (χ1v) is 8.37. The number of oxazole rings is 1. The minimum atomic E-state index is -0.159. The van der Waals surface area contributed by atoms with E-state index in [-0.39, 0.29) is 18.2 Å². The van der Waals surface area contributed by atoms with Gasteiger partial charge in [0, 0.05) is 38.3 Å². The second kappa shape index (κ2) is 7.53. The lowest BCUT2D eigenvalue weighted by atomic mass is 10.2. The summed E-state index contributed by atoms with van der Waals surface area (Å²) in [7, 11) is 0. The first-order valence-electron chi connectivity index (χ1n) is 7.62. The number of aliphatic hydroxyl groups is 1. The number of hydrogen-bond donors (Lipinski definition) is 1. The second-order valence-corrected chi connectivity index (χ2v) is 6.34. The fourth-order valence-corrected chi connectivity index (χ4v) is 2.91. The van der Waals surface area contributed by atoms with E-state index in [4.69, 9.17) is 32.7 Å². The summed E-state index contributed by atoms with van der Waals surface area (Å²) in [6.07, 6.45) is 1.36. The number of halogens is 2. The lowest BCUT2D eigenvalue weighted by Crippen LogP contribution is -2.49. The fourth-order valence-electron chi connectivity index (χ4n) is 2.61. The van der Waals surface area contributed by atoms with E-state index < -0.39 is 0 Å². The number of nitrogens with zero attached hydrogens (tertiary/aromatic N) is 3. The van der Waals surface area contributed by atoms with Crippen LogP contribution in [0.3, 0.4) is 0 Å². The van der Waals surface area contributed by atoms with E-state index in [1.807, 2.05) is 0 Å². The molecule has 1 amide bonds. The van der Waals surface area contributed by atoms with Crippen LogP contribution < -0.4 is 0 Å². The number of aliphatic hydroxyl groups excluding tert-OH is 1. The van der Waals surface area contributed by atoms with E-state index in [9.17, 15) is 4.79 Å². The van der Waals surface area contributed by atoms with Gasteiger partial charge in [-0.15, -0.1) is 0 Å². The monoisotopic (exact) mass is 369 g/mol. The van der Waals surface area contributed by atoms with Crippen LogP contribution in [0.5, 0.6) is 0 Å². The first-order chi connectivity index (χ1) is 11.6. The maximum absolute atomic E-state index is 12.5. The third kappa shape index (κ3) is 3.72. The molecule has 2 heterocycles. The van der Waals surface area contributed by atoms with Crippen molar-refractivity contribution in [1.82, 2.24) is 14.8 Å². The number of hydrogen-bond acceptors (Lipinski definition) is 5. The lowest BCUT2D eigenvalue weighted by molar-refractivity contribution is 0.0609. The van der Waals surface area contributed by atoms with Gasteiger partial charge in [-0.05, 0) is 18.2 Å². The third-order valence-corrected chi connectivity index (χ3v) is 4.70. The zero-order valence-corrected chi connectivity index (χ0v) is 14.4. The van der Waals surface area contributed by atoms with Gasteiger partial charge in [-0.25, -0.2) is 4.98 Å². The van der Waals surface area contributed by atoms with Crippen LogP contribution in [0.2, 0.25) is 10.0 Å². The quantitative estimate of drug-likeness (QED) is 0.895. The second-order valence-electron chi connectivity index (χ2n) is 5.52. The van der Waals surface area contributed by atoms with Gasteiger partial charge in [0.05, 0.1) is 16.7 Å². The Morgan fingerprint density at radius 2 is 1.96 bits per heavy atom. The summed E-state index contributed by atoms with van der Waals surface area (Å²) < 4.78 is 5.41. The van der Waals surface area contributed by atoms with Crippen LogP contribution in [0.4, 0.5) is 0 Å². The fraction of sp³-hybridized carbons (Fsp3) is 0.375. The van der Waals surface area contributed by atoms with Crippen LogP contribution in [-0.2, 0) is 0 Å². The summed E-state index contributed by atoms with van der Waals surface area (Å²) in [4.78, 5) is 20.6. The molecule has 1 saturated heterocycles. The molecular weight excluding hydrogens is 353 g/mol. The molecule has 1 aromatic carbocycles. The Balaban J connectivity index is 1.69. The molecule has 0 spiro atoms. The topological polar surface area (TPSA) is 69.8 Å². The van der Waals surface area contributed by atoms with E-state index in [2.05, 4.69) is 9.88 Å². The number of carbonyl (C=O) groups excluding carboxylic acids is 1. The van der Waals surface area contributed by atoms with Crippen molar-refractivity contribution >= 4 is 29.1 Å². The van der Waals surface area contributed by atoms with E-state index in [1.165, 1.54) is 6.26 Å². The van der Waals surface area contributed by atoms with Gasteiger partial charge in [0.15, 0.2) is 5.69 Å². The Hall–Kier alpha value is -1.60. The molecule has 0 saturated carbocycles. The van der Waals surface area contributed by atoms with Crippen molar-refractivity contribution in [3.63, 3.8) is 0 Å². The van der Waals surface area contributed by atoms with Crippen molar-refractivity contribution in [2.24, 2.45) is 0 Å². The van der Waals surface area contributed by atoms with Gasteiger partial charge in [0.1, 0.15) is 6.26 Å². The number of amides is 1. The number of β-amino-alcohol motifs (C(OH)–C–C–N with tert-alkyl or cyclic N) is 1. The zero-order chi connectivity index (χ0) is 17.1. The Morgan fingerprint density at radius 1 is 1.21 bits per heavy atom. The number of rotatable bonds is 4. The molecule has 3 rings (SSSR count). The van der Waals surface area contributed by atoms with Gasteiger partial charge in [0.25, 0.3) is 5.91 Å². The Labute approximate surface area is 149 Å². The average Bonchev–Trinajstić information content (AvgIpc) is 3.08. The molecule has 1 aromatic heterocycles. The van der Waals surface area contributed by atoms with Crippen molar-refractivity contribution in [1.29, 1.82) is 0 Å². The minimum absolute atomic E-state index is 0.129. The van der Waals surface area contributed by atoms with E-state index in [0.717, 1.165) is 13.1 Å². The van der Waals surface area contributed by atoms with Gasteiger partial charge < -0.3 is 14.4 Å². The molecule has 24 heavy (non-hydrogen) atoms. The van der Waals surface area contributed by atoms with Crippen LogP contribution in [0, 0.1) is 0 Å². The highest BCUT2D eigenvalue weighted by Crippen LogP contribution is 2.28. The van der Waals surface area contributed by atoms with Gasteiger partial charge >= 0.3 is 0 Å². The zero-order valence-electron chi connectivity index (χ0n) is 12.9. The van der Waals surface area contributed by atoms with Crippen molar-refractivity contribution < 1.29 is 14.3 Å². The summed E-state index contributed by atoms with van der Waals surface area (Å²) in [5, 5.41) is 9.81. The number of piperazine rings is 1. The highest BCUT2D eigenvalue weighted by atomic mass is 35.5. The summed E-state index contributed by atoms with van der Waals surface area (Å²) in [5.41, 5.74) is 0.933. The summed E-state index contributed by atoms with van der Waals surface area (Å²) in [6.45, 7) is 3.45. The largest absolute Gasteiger partial charge is 0.444 e. The predicted octanol–water partition coefficient (Wildman–Crippen LogP) is 2.40. The van der Waals surface area contributed by atoms with Crippen LogP contribution in [0.15, 0.2) is 28.9 Å². The van der Waals surface area contributed by atoms with Crippen LogP contribution in [0.1, 0.15) is 10.5 Å². The van der Waals surface area contributed by atoms with Crippen LogP contribution in [0.25, 0.3) is 11.5 Å². The molecule has 0 radical (unpaired) electrons. The number of benzene rings is 1. The molecule has 2 aromatic rings. The van der Waals surface area contributed by atoms with Gasteiger partial charge in [-0.2, -0.15) is 0 Å². The Bertz CT molecular complexity index is 727.